The summed E-state index contributed by atoms with van der Waals surface area (Å²) in [5.41, 5.74) is 0.502. The molecule has 3 aromatic rings. The highest BCUT2D eigenvalue weighted by atomic mass is 16.2. The zero-order valence-corrected chi connectivity index (χ0v) is 16.0. The lowest BCUT2D eigenvalue weighted by Gasteiger charge is -2.32. The number of carbonyl (C=O) groups is 1. The number of hydrogen-bond donors (Lipinski definition) is 0. The van der Waals surface area contributed by atoms with Crippen molar-refractivity contribution in [1.29, 1.82) is 0 Å². The third-order valence-electron chi connectivity index (χ3n) is 5.68. The van der Waals surface area contributed by atoms with Crippen LogP contribution < -0.4 is 5.56 Å². The second-order valence-electron chi connectivity index (χ2n) is 7.84. The van der Waals surface area contributed by atoms with E-state index in [1.165, 1.54) is 17.5 Å². The van der Waals surface area contributed by atoms with Gasteiger partial charge in [-0.2, -0.15) is 5.10 Å². The minimum atomic E-state index is -0.237. The van der Waals surface area contributed by atoms with Crippen molar-refractivity contribution in [3.63, 3.8) is 0 Å². The van der Waals surface area contributed by atoms with Crippen LogP contribution in [0, 0.1) is 6.92 Å². The van der Waals surface area contributed by atoms with Crippen molar-refractivity contribution in [2.45, 2.75) is 51.7 Å². The molecule has 1 atom stereocenters. The molecule has 144 valence electrons. The van der Waals surface area contributed by atoms with Gasteiger partial charge in [-0.15, -0.1) is 10.2 Å². The fraction of sp³-hybridized carbons (Fsp3) is 0.450. The van der Waals surface area contributed by atoms with E-state index in [0.717, 1.165) is 22.7 Å². The van der Waals surface area contributed by atoms with Crippen LogP contribution >= 0.6 is 0 Å². The van der Waals surface area contributed by atoms with Gasteiger partial charge in [0.05, 0.1) is 23.7 Å². The van der Waals surface area contributed by atoms with Crippen LogP contribution in [0.5, 0.6) is 0 Å². The second-order valence-corrected chi connectivity index (χ2v) is 7.84. The molecule has 1 saturated carbocycles. The van der Waals surface area contributed by atoms with E-state index in [-0.39, 0.29) is 24.1 Å². The molecule has 1 amide bonds. The summed E-state index contributed by atoms with van der Waals surface area (Å²) in [6.45, 7) is 4.88. The third-order valence-corrected chi connectivity index (χ3v) is 5.68. The van der Waals surface area contributed by atoms with Crippen molar-refractivity contribution in [2.24, 2.45) is 0 Å². The molecule has 1 fully saturated rings. The molecule has 28 heavy (non-hydrogen) atoms. The van der Waals surface area contributed by atoms with Gasteiger partial charge in [-0.1, -0.05) is 18.2 Å². The smallest absolute Gasteiger partial charge is 0.275 e. The largest absolute Gasteiger partial charge is 0.331 e. The van der Waals surface area contributed by atoms with E-state index < -0.39 is 0 Å². The molecular formula is C20H22N6O2. The van der Waals surface area contributed by atoms with Gasteiger partial charge < -0.3 is 9.47 Å². The molecule has 2 aliphatic rings. The monoisotopic (exact) mass is 378 g/mol. The number of aromatic nitrogens is 5. The number of carbonyl (C=O) groups excluding carboxylic acids is 1. The van der Waals surface area contributed by atoms with Crippen LogP contribution in [0.15, 0.2) is 29.1 Å². The molecule has 0 saturated heterocycles. The molecule has 1 aromatic carbocycles. The Bertz CT molecular complexity index is 1140. The van der Waals surface area contributed by atoms with E-state index >= 15 is 0 Å². The molecule has 0 unspecified atom stereocenters. The normalized spacial score (nSPS) is 19.1. The Morgan fingerprint density at radius 2 is 1.93 bits per heavy atom. The number of hydrogen-bond acceptors (Lipinski definition) is 5. The third kappa shape index (κ3) is 2.71. The number of fused-ring (bicyclic) bond motifs is 2. The van der Waals surface area contributed by atoms with Crippen molar-refractivity contribution in [1.82, 2.24) is 29.4 Å². The number of benzene rings is 1. The SMILES string of the molecule is Cc1nn(CC(=O)N2Cc3nnc(C4CC4)n3[C@@H](C)C2)c(=O)c2ccccc12. The molecule has 3 heterocycles. The van der Waals surface area contributed by atoms with Crippen molar-refractivity contribution in [2.75, 3.05) is 6.54 Å². The van der Waals surface area contributed by atoms with Crippen LogP contribution in [0.25, 0.3) is 10.8 Å². The van der Waals surface area contributed by atoms with Crippen molar-refractivity contribution in [3.8, 4) is 0 Å². The molecule has 8 heteroatoms. The predicted molar refractivity (Wildman–Crippen MR) is 103 cm³/mol. The number of amides is 1. The van der Waals surface area contributed by atoms with Gasteiger partial charge in [-0.25, -0.2) is 4.68 Å². The summed E-state index contributed by atoms with van der Waals surface area (Å²) >= 11 is 0. The molecule has 5 rings (SSSR count). The van der Waals surface area contributed by atoms with E-state index in [9.17, 15) is 9.59 Å². The van der Waals surface area contributed by atoms with Gasteiger partial charge in [-0.05, 0) is 32.8 Å². The van der Waals surface area contributed by atoms with Gasteiger partial charge in [0.2, 0.25) is 5.91 Å². The minimum Gasteiger partial charge on any atom is -0.331 e. The Kier molecular flexibility index (Phi) is 3.82. The lowest BCUT2D eigenvalue weighted by Crippen LogP contribution is -2.43. The highest BCUT2D eigenvalue weighted by molar-refractivity contribution is 5.83. The molecule has 0 spiro atoms. The number of nitrogens with zero attached hydrogens (tertiary/aromatic N) is 6. The standard InChI is InChI=1S/C20H22N6O2/c1-12-9-24(10-17-21-22-19(26(12)17)14-7-8-14)18(27)11-25-20(28)16-6-4-3-5-15(16)13(2)23-25/h3-6,12,14H,7-11H2,1-2H3/t12-/m0/s1. The Morgan fingerprint density at radius 1 is 1.18 bits per heavy atom. The molecule has 0 radical (unpaired) electrons. The van der Waals surface area contributed by atoms with Crippen LogP contribution in [0.2, 0.25) is 0 Å². The Balaban J connectivity index is 1.41. The van der Waals surface area contributed by atoms with Gasteiger partial charge in [0.15, 0.2) is 5.82 Å². The van der Waals surface area contributed by atoms with Crippen LogP contribution in [-0.2, 0) is 17.9 Å². The fourth-order valence-corrected chi connectivity index (χ4v) is 4.11. The maximum Gasteiger partial charge on any atom is 0.275 e. The van der Waals surface area contributed by atoms with Crippen LogP contribution in [0.1, 0.15) is 49.1 Å². The van der Waals surface area contributed by atoms with Gasteiger partial charge >= 0.3 is 0 Å². The van der Waals surface area contributed by atoms with E-state index in [1.54, 1.807) is 11.0 Å². The van der Waals surface area contributed by atoms with Crippen LogP contribution in [0.3, 0.4) is 0 Å². The first-order valence-electron chi connectivity index (χ1n) is 9.71. The quantitative estimate of drug-likeness (QED) is 0.693. The van der Waals surface area contributed by atoms with Gasteiger partial charge in [0.1, 0.15) is 12.4 Å². The average molecular weight is 378 g/mol. The molecule has 0 N–H and O–H groups in total. The van der Waals surface area contributed by atoms with Crippen molar-refractivity contribution >= 4 is 16.7 Å². The zero-order chi connectivity index (χ0) is 19.4. The first-order chi connectivity index (χ1) is 13.5. The average Bonchev–Trinajstić information content (AvgIpc) is 3.44. The highest BCUT2D eigenvalue weighted by Crippen LogP contribution is 2.40. The Labute approximate surface area is 161 Å². The highest BCUT2D eigenvalue weighted by Gasteiger charge is 2.35. The Hall–Kier alpha value is -3.03. The summed E-state index contributed by atoms with van der Waals surface area (Å²) in [5, 5.41) is 14.4. The second kappa shape index (κ2) is 6.25. The summed E-state index contributed by atoms with van der Waals surface area (Å²) in [6, 6.07) is 7.49. The minimum absolute atomic E-state index is 0.0686. The summed E-state index contributed by atoms with van der Waals surface area (Å²) in [6.07, 6.45) is 2.34. The molecule has 1 aliphatic carbocycles. The lowest BCUT2D eigenvalue weighted by atomic mass is 10.1. The molecule has 2 aromatic heterocycles. The summed E-state index contributed by atoms with van der Waals surface area (Å²) < 4.78 is 3.46. The van der Waals surface area contributed by atoms with Crippen LogP contribution in [-0.4, -0.2) is 41.9 Å². The van der Waals surface area contributed by atoms with Gasteiger partial charge in [0, 0.05) is 17.8 Å². The Morgan fingerprint density at radius 3 is 2.68 bits per heavy atom. The summed E-state index contributed by atoms with van der Waals surface area (Å²) in [7, 11) is 0. The topological polar surface area (TPSA) is 85.9 Å². The molecule has 0 bridgehead atoms. The zero-order valence-electron chi connectivity index (χ0n) is 16.0. The van der Waals surface area contributed by atoms with Crippen LogP contribution in [0.4, 0.5) is 0 Å². The first kappa shape index (κ1) is 17.1. The molecule has 1 aliphatic heterocycles. The van der Waals surface area contributed by atoms with E-state index in [0.29, 0.717) is 24.4 Å². The number of aryl methyl sites for hydroxylation is 1. The molecule has 8 nitrogen and oxygen atoms in total. The van der Waals surface area contributed by atoms with Crippen molar-refractivity contribution < 1.29 is 4.79 Å². The molecular weight excluding hydrogens is 356 g/mol. The first-order valence-corrected chi connectivity index (χ1v) is 9.71. The maximum absolute atomic E-state index is 12.9. The van der Waals surface area contributed by atoms with Gasteiger partial charge in [0.25, 0.3) is 5.56 Å². The van der Waals surface area contributed by atoms with E-state index in [1.807, 2.05) is 25.1 Å². The lowest BCUT2D eigenvalue weighted by molar-refractivity contribution is -0.134. The summed E-state index contributed by atoms with van der Waals surface area (Å²) in [5.74, 6) is 2.27. The van der Waals surface area contributed by atoms with Gasteiger partial charge in [-0.3, -0.25) is 9.59 Å². The van der Waals surface area contributed by atoms with E-state index in [4.69, 9.17) is 0 Å². The fourth-order valence-electron chi connectivity index (χ4n) is 4.11. The summed E-state index contributed by atoms with van der Waals surface area (Å²) in [4.78, 5) is 27.4. The van der Waals surface area contributed by atoms with E-state index in [2.05, 4.69) is 26.8 Å². The maximum atomic E-state index is 12.9. The van der Waals surface area contributed by atoms with Crippen molar-refractivity contribution in [3.05, 3.63) is 52.0 Å². The number of rotatable bonds is 3. The predicted octanol–water partition coefficient (Wildman–Crippen LogP) is 1.78.